The van der Waals surface area contributed by atoms with Gasteiger partial charge >= 0.3 is 0 Å². The van der Waals surface area contributed by atoms with Gasteiger partial charge in [0.25, 0.3) is 5.91 Å². The van der Waals surface area contributed by atoms with E-state index in [0.29, 0.717) is 61.5 Å². The van der Waals surface area contributed by atoms with Crippen LogP contribution in [0.15, 0.2) is 53.1 Å². The number of nitrogens with zero attached hydrogens (tertiary/aromatic N) is 3. The van der Waals surface area contributed by atoms with Gasteiger partial charge in [-0.15, -0.1) is 0 Å². The van der Waals surface area contributed by atoms with Crippen LogP contribution in [0, 0.1) is 18.7 Å². The minimum absolute atomic E-state index is 0.0574. The Kier molecular flexibility index (Phi) is 7.63. The molecule has 34 heavy (non-hydrogen) atoms. The van der Waals surface area contributed by atoms with E-state index in [0.717, 1.165) is 17.5 Å². The van der Waals surface area contributed by atoms with E-state index in [2.05, 4.69) is 23.9 Å². The molecule has 2 aromatic carbocycles. The minimum Gasteiger partial charge on any atom is -0.378 e. The van der Waals surface area contributed by atoms with Crippen LogP contribution in [0.2, 0.25) is 0 Å². The van der Waals surface area contributed by atoms with Gasteiger partial charge < -0.3 is 19.1 Å². The molecule has 0 spiro atoms. The van der Waals surface area contributed by atoms with Crippen LogP contribution in [0.4, 0.5) is 10.3 Å². The molecule has 0 atom stereocenters. The Bertz CT molecular complexity index is 1120. The zero-order valence-electron chi connectivity index (χ0n) is 20.1. The quantitative estimate of drug-likeness (QED) is 0.451. The molecule has 6 nitrogen and oxygen atoms in total. The fourth-order valence-corrected chi connectivity index (χ4v) is 4.14. The number of aryl methyl sites for hydroxylation is 1. The average molecular weight is 466 g/mol. The van der Waals surface area contributed by atoms with Crippen molar-refractivity contribution in [3.8, 4) is 11.3 Å². The first-order valence-electron chi connectivity index (χ1n) is 11.9. The van der Waals surface area contributed by atoms with E-state index in [9.17, 15) is 9.18 Å². The first-order chi connectivity index (χ1) is 16.4. The van der Waals surface area contributed by atoms with Crippen LogP contribution >= 0.6 is 0 Å². The van der Waals surface area contributed by atoms with Crippen LogP contribution in [0.5, 0.6) is 0 Å². The number of halogens is 1. The predicted molar refractivity (Wildman–Crippen MR) is 130 cm³/mol. The summed E-state index contributed by atoms with van der Waals surface area (Å²) >= 11 is 0. The lowest BCUT2D eigenvalue weighted by Crippen LogP contribution is -2.37. The van der Waals surface area contributed by atoms with Crippen LogP contribution in [-0.2, 0) is 11.3 Å². The Balaban J connectivity index is 1.74. The number of amides is 1. The van der Waals surface area contributed by atoms with Gasteiger partial charge in [0.2, 0.25) is 5.88 Å². The summed E-state index contributed by atoms with van der Waals surface area (Å²) in [5.41, 5.74) is 3.19. The highest BCUT2D eigenvalue weighted by atomic mass is 19.1. The molecular weight excluding hydrogens is 433 g/mol. The molecule has 1 saturated heterocycles. The van der Waals surface area contributed by atoms with E-state index >= 15 is 0 Å². The number of morpholine rings is 1. The van der Waals surface area contributed by atoms with Gasteiger partial charge in [-0.1, -0.05) is 48.8 Å². The molecule has 0 saturated carbocycles. The number of hydrogen-bond donors (Lipinski definition) is 0. The number of rotatable bonds is 8. The third-order valence-electron chi connectivity index (χ3n) is 6.07. The van der Waals surface area contributed by atoms with Crippen molar-refractivity contribution in [3.63, 3.8) is 0 Å². The van der Waals surface area contributed by atoms with E-state index in [-0.39, 0.29) is 18.3 Å². The van der Waals surface area contributed by atoms with Crippen molar-refractivity contribution >= 4 is 11.8 Å². The molecule has 0 radical (unpaired) electrons. The van der Waals surface area contributed by atoms with E-state index in [4.69, 9.17) is 9.26 Å². The SMILES string of the molecule is Cc1cccc(C(=O)N(CCC(C)C)Cc2c(-c3ccccc3F)noc2N2CCOCC2)c1. The van der Waals surface area contributed by atoms with Gasteiger partial charge in [-0.2, -0.15) is 0 Å². The normalized spacial score (nSPS) is 14.0. The monoisotopic (exact) mass is 465 g/mol. The summed E-state index contributed by atoms with van der Waals surface area (Å²) in [5, 5.41) is 4.28. The predicted octanol–water partition coefficient (Wildman–Crippen LogP) is 5.31. The molecular formula is C27H32FN3O3. The van der Waals surface area contributed by atoms with Crippen LogP contribution in [0.1, 0.15) is 41.8 Å². The van der Waals surface area contributed by atoms with Gasteiger partial charge in [0.1, 0.15) is 11.5 Å². The summed E-state index contributed by atoms with van der Waals surface area (Å²) in [6.07, 6.45) is 0.852. The molecule has 4 rings (SSSR count). The molecule has 1 aliphatic heterocycles. The summed E-state index contributed by atoms with van der Waals surface area (Å²) in [6, 6.07) is 14.1. The van der Waals surface area contributed by atoms with Crippen molar-refractivity contribution in [1.82, 2.24) is 10.1 Å². The van der Waals surface area contributed by atoms with E-state index < -0.39 is 0 Å². The Morgan fingerprint density at radius 1 is 1.15 bits per heavy atom. The van der Waals surface area contributed by atoms with Gasteiger partial charge in [0.15, 0.2) is 0 Å². The summed E-state index contributed by atoms with van der Waals surface area (Å²) in [6.45, 7) is 9.56. The minimum atomic E-state index is -0.371. The summed E-state index contributed by atoms with van der Waals surface area (Å²) in [4.78, 5) is 17.5. The number of carbonyl (C=O) groups excluding carboxylic acids is 1. The number of ether oxygens (including phenoxy) is 1. The fourth-order valence-electron chi connectivity index (χ4n) is 4.14. The largest absolute Gasteiger partial charge is 0.378 e. The fraction of sp³-hybridized carbons (Fsp3) is 0.407. The van der Waals surface area contributed by atoms with Gasteiger partial charge in [-0.25, -0.2) is 4.39 Å². The highest BCUT2D eigenvalue weighted by Gasteiger charge is 2.28. The second-order valence-electron chi connectivity index (χ2n) is 9.17. The average Bonchev–Trinajstić information content (AvgIpc) is 3.25. The maximum Gasteiger partial charge on any atom is 0.254 e. The number of benzene rings is 2. The van der Waals surface area contributed by atoms with Crippen molar-refractivity contribution in [2.45, 2.75) is 33.7 Å². The van der Waals surface area contributed by atoms with Crippen molar-refractivity contribution in [2.24, 2.45) is 5.92 Å². The molecule has 2 heterocycles. The number of aromatic nitrogens is 1. The third kappa shape index (κ3) is 5.47. The van der Waals surface area contributed by atoms with Gasteiger partial charge in [0.05, 0.1) is 25.3 Å². The van der Waals surface area contributed by atoms with Crippen LogP contribution < -0.4 is 4.90 Å². The standard InChI is InChI=1S/C27H32FN3O3/c1-19(2)11-12-31(26(32)21-8-6-7-20(3)17-21)18-23-25(22-9-4-5-10-24(22)28)29-34-27(23)30-13-15-33-16-14-30/h4-10,17,19H,11-16,18H2,1-3H3. The zero-order valence-corrected chi connectivity index (χ0v) is 20.1. The molecule has 0 N–H and O–H groups in total. The van der Waals surface area contributed by atoms with Crippen LogP contribution in [-0.4, -0.2) is 48.8 Å². The molecule has 3 aromatic rings. The summed E-state index contributed by atoms with van der Waals surface area (Å²) in [5.74, 6) is 0.579. The smallest absolute Gasteiger partial charge is 0.254 e. The van der Waals surface area contributed by atoms with E-state index in [1.807, 2.05) is 36.1 Å². The Morgan fingerprint density at radius 3 is 2.62 bits per heavy atom. The third-order valence-corrected chi connectivity index (χ3v) is 6.07. The van der Waals surface area contributed by atoms with Crippen LogP contribution in [0.25, 0.3) is 11.3 Å². The molecule has 180 valence electrons. The van der Waals surface area contributed by atoms with Crippen LogP contribution in [0.3, 0.4) is 0 Å². The Hall–Kier alpha value is -3.19. The molecule has 1 aromatic heterocycles. The van der Waals surface area contributed by atoms with Crippen molar-refractivity contribution in [3.05, 3.63) is 71.0 Å². The first-order valence-corrected chi connectivity index (χ1v) is 11.9. The molecule has 1 amide bonds. The molecule has 1 aliphatic rings. The first kappa shape index (κ1) is 24.0. The highest BCUT2D eigenvalue weighted by Crippen LogP contribution is 2.34. The highest BCUT2D eigenvalue weighted by molar-refractivity contribution is 5.94. The molecule has 1 fully saturated rings. The van der Waals surface area contributed by atoms with Gasteiger partial charge in [-0.3, -0.25) is 4.79 Å². The molecule has 7 heteroatoms. The number of anilines is 1. The summed E-state index contributed by atoms with van der Waals surface area (Å²) in [7, 11) is 0. The van der Waals surface area contributed by atoms with Crippen molar-refractivity contribution < 1.29 is 18.4 Å². The molecule has 0 unspecified atom stereocenters. The topological polar surface area (TPSA) is 58.8 Å². The Labute approximate surface area is 200 Å². The second kappa shape index (κ2) is 10.8. The van der Waals surface area contributed by atoms with Crippen molar-refractivity contribution in [2.75, 3.05) is 37.7 Å². The lowest BCUT2D eigenvalue weighted by molar-refractivity contribution is 0.0735. The zero-order chi connectivity index (χ0) is 24.1. The van der Waals surface area contributed by atoms with Gasteiger partial charge in [0, 0.05) is 30.8 Å². The molecule has 0 bridgehead atoms. The maximum atomic E-state index is 14.8. The molecule has 0 aliphatic carbocycles. The number of carbonyl (C=O) groups is 1. The van der Waals surface area contributed by atoms with Crippen molar-refractivity contribution in [1.29, 1.82) is 0 Å². The lowest BCUT2D eigenvalue weighted by atomic mass is 10.0. The van der Waals surface area contributed by atoms with E-state index in [1.54, 1.807) is 18.2 Å². The lowest BCUT2D eigenvalue weighted by Gasteiger charge is -2.29. The summed E-state index contributed by atoms with van der Waals surface area (Å²) < 4.78 is 26.1. The second-order valence-corrected chi connectivity index (χ2v) is 9.17. The number of hydrogen-bond acceptors (Lipinski definition) is 5. The maximum absolute atomic E-state index is 14.8. The Morgan fingerprint density at radius 2 is 1.91 bits per heavy atom. The van der Waals surface area contributed by atoms with Gasteiger partial charge in [-0.05, 0) is 43.5 Å². The van der Waals surface area contributed by atoms with E-state index in [1.165, 1.54) is 6.07 Å².